The van der Waals surface area contributed by atoms with Crippen LogP contribution in [0.1, 0.15) is 24.9 Å². The molecule has 32 heavy (non-hydrogen) atoms. The van der Waals surface area contributed by atoms with Gasteiger partial charge in [-0.3, -0.25) is 4.98 Å². The summed E-state index contributed by atoms with van der Waals surface area (Å²) in [6.07, 6.45) is 6.50. The summed E-state index contributed by atoms with van der Waals surface area (Å²) in [4.78, 5) is 19.7. The van der Waals surface area contributed by atoms with Gasteiger partial charge in [0.05, 0.1) is 42.6 Å². The molecule has 0 amide bonds. The average molecular weight is 456 g/mol. The van der Waals surface area contributed by atoms with Gasteiger partial charge in [-0.15, -0.1) is 0 Å². The van der Waals surface area contributed by atoms with Gasteiger partial charge in [-0.1, -0.05) is 0 Å². The van der Waals surface area contributed by atoms with Crippen molar-refractivity contribution in [3.8, 4) is 11.4 Å². The lowest BCUT2D eigenvalue weighted by molar-refractivity contribution is 0.0987. The minimum atomic E-state index is -3.39. The van der Waals surface area contributed by atoms with Gasteiger partial charge >= 0.3 is 0 Å². The predicted molar refractivity (Wildman–Crippen MR) is 122 cm³/mol. The third-order valence-corrected chi connectivity index (χ3v) is 7.50. The van der Waals surface area contributed by atoms with Crippen LogP contribution in [0.4, 0.5) is 5.82 Å². The Labute approximate surface area is 185 Å². The number of aromatic nitrogens is 6. The second-order valence-electron chi connectivity index (χ2n) is 8.27. The molecule has 0 aliphatic carbocycles. The number of nitrogens with zero attached hydrogens (tertiary/aromatic N) is 6. The fraction of sp³-hybridized carbons (Fsp3) is 0.429. The topological polar surface area (TPSA) is 119 Å². The predicted octanol–water partition coefficient (Wildman–Crippen LogP) is 2.47. The number of nitrogens with one attached hydrogen (secondary N) is 1. The molecule has 0 bridgehead atoms. The summed E-state index contributed by atoms with van der Waals surface area (Å²) in [6, 6.07) is 2.08. The van der Waals surface area contributed by atoms with Crippen molar-refractivity contribution in [2.45, 2.75) is 32.2 Å². The lowest BCUT2D eigenvalue weighted by atomic mass is 10.1. The number of hydrogen-bond acceptors (Lipinski definition) is 8. The standard InChI is InChI=1S/C21H25N7O3S/c1-12-11-31-8-7-27(12)20-16-9-24-28(14(3)32(4,29)30)21(16)26-19(25-20)18-13(2)23-10-17-15(18)5-6-22-17/h5-6,9-10,12,14,22H,7-8,11H2,1-4H3/t12-,14?/m1/s1. The molecule has 5 heterocycles. The summed E-state index contributed by atoms with van der Waals surface area (Å²) in [7, 11) is -3.39. The molecule has 0 spiro atoms. The number of rotatable bonds is 4. The van der Waals surface area contributed by atoms with E-state index in [2.05, 4.69) is 26.9 Å². The average Bonchev–Trinajstić information content (AvgIpc) is 3.39. The van der Waals surface area contributed by atoms with Crippen molar-refractivity contribution < 1.29 is 13.2 Å². The van der Waals surface area contributed by atoms with Crippen LogP contribution in [0.15, 0.2) is 24.7 Å². The van der Waals surface area contributed by atoms with Gasteiger partial charge in [-0.25, -0.2) is 23.1 Å². The third-order valence-electron chi connectivity index (χ3n) is 6.06. The van der Waals surface area contributed by atoms with Gasteiger partial charge in [0.1, 0.15) is 5.82 Å². The Hall–Kier alpha value is -3.05. The highest BCUT2D eigenvalue weighted by atomic mass is 32.2. The van der Waals surface area contributed by atoms with E-state index in [9.17, 15) is 8.42 Å². The number of anilines is 1. The number of pyridine rings is 1. The van der Waals surface area contributed by atoms with Crippen molar-refractivity contribution in [3.05, 3.63) is 30.4 Å². The molecule has 1 aliphatic heterocycles. The molecule has 1 N–H and O–H groups in total. The Balaban J connectivity index is 1.82. The highest BCUT2D eigenvalue weighted by Gasteiger charge is 2.28. The summed E-state index contributed by atoms with van der Waals surface area (Å²) in [5.41, 5.74) is 2.97. The first-order chi connectivity index (χ1) is 15.3. The maximum Gasteiger partial charge on any atom is 0.170 e. The van der Waals surface area contributed by atoms with Crippen molar-refractivity contribution in [1.29, 1.82) is 0 Å². The number of morpholine rings is 1. The summed E-state index contributed by atoms with van der Waals surface area (Å²) < 4.78 is 31.7. The monoisotopic (exact) mass is 455 g/mol. The largest absolute Gasteiger partial charge is 0.377 e. The molecule has 168 valence electrons. The van der Waals surface area contributed by atoms with E-state index >= 15 is 0 Å². The van der Waals surface area contributed by atoms with Crippen molar-refractivity contribution in [1.82, 2.24) is 29.7 Å². The molecule has 5 rings (SSSR count). The normalized spacial score (nSPS) is 18.5. The maximum absolute atomic E-state index is 12.3. The molecular formula is C21H25N7O3S. The Bertz CT molecular complexity index is 1430. The number of sulfone groups is 1. The quantitative estimate of drug-likeness (QED) is 0.498. The SMILES string of the molecule is Cc1ncc2[nH]ccc2c1-c1nc(N2CCOC[C@H]2C)c2cnn(C(C)S(C)(=O)=O)c2n1. The second kappa shape index (κ2) is 7.52. The van der Waals surface area contributed by atoms with Crippen LogP contribution >= 0.6 is 0 Å². The van der Waals surface area contributed by atoms with Crippen LogP contribution in [0.5, 0.6) is 0 Å². The molecule has 11 heteroatoms. The van der Waals surface area contributed by atoms with E-state index in [4.69, 9.17) is 14.7 Å². The molecule has 0 saturated carbocycles. The second-order valence-corrected chi connectivity index (χ2v) is 10.6. The van der Waals surface area contributed by atoms with Crippen molar-refractivity contribution >= 4 is 37.6 Å². The zero-order valence-electron chi connectivity index (χ0n) is 18.4. The first-order valence-corrected chi connectivity index (χ1v) is 12.4. The Morgan fingerprint density at radius 3 is 2.81 bits per heavy atom. The van der Waals surface area contributed by atoms with Crippen LogP contribution in [0.3, 0.4) is 0 Å². The Kier molecular flexibility index (Phi) is 4.90. The van der Waals surface area contributed by atoms with E-state index in [1.807, 2.05) is 19.2 Å². The molecular weight excluding hydrogens is 430 g/mol. The van der Waals surface area contributed by atoms with E-state index in [1.165, 1.54) is 10.9 Å². The number of ether oxygens (including phenoxy) is 1. The van der Waals surface area contributed by atoms with Crippen LogP contribution in [-0.2, 0) is 14.6 Å². The summed E-state index contributed by atoms with van der Waals surface area (Å²) in [5, 5.41) is 5.22. The van der Waals surface area contributed by atoms with Gasteiger partial charge < -0.3 is 14.6 Å². The number of aryl methyl sites for hydroxylation is 1. The van der Waals surface area contributed by atoms with Crippen LogP contribution in [-0.4, -0.2) is 70.2 Å². The van der Waals surface area contributed by atoms with Gasteiger partial charge in [-0.2, -0.15) is 5.10 Å². The van der Waals surface area contributed by atoms with E-state index < -0.39 is 15.2 Å². The summed E-state index contributed by atoms with van der Waals surface area (Å²) in [5.74, 6) is 1.21. The fourth-order valence-electron chi connectivity index (χ4n) is 4.14. The van der Waals surface area contributed by atoms with Crippen LogP contribution in [0.25, 0.3) is 33.3 Å². The molecule has 0 aromatic carbocycles. The minimum Gasteiger partial charge on any atom is -0.377 e. The van der Waals surface area contributed by atoms with E-state index in [-0.39, 0.29) is 6.04 Å². The van der Waals surface area contributed by atoms with Crippen molar-refractivity contribution in [2.24, 2.45) is 0 Å². The van der Waals surface area contributed by atoms with Crippen LogP contribution in [0.2, 0.25) is 0 Å². The summed E-state index contributed by atoms with van der Waals surface area (Å²) in [6.45, 7) is 7.46. The lowest BCUT2D eigenvalue weighted by Crippen LogP contribution is -2.44. The number of aromatic amines is 1. The Morgan fingerprint density at radius 2 is 2.06 bits per heavy atom. The van der Waals surface area contributed by atoms with Gasteiger partial charge in [0, 0.05) is 35.6 Å². The van der Waals surface area contributed by atoms with Crippen LogP contribution < -0.4 is 4.90 Å². The fourth-order valence-corrected chi connectivity index (χ4v) is 4.66. The molecule has 0 radical (unpaired) electrons. The number of hydrogen-bond donors (Lipinski definition) is 1. The lowest BCUT2D eigenvalue weighted by Gasteiger charge is -2.34. The smallest absolute Gasteiger partial charge is 0.170 e. The number of H-pyrrole nitrogens is 1. The third kappa shape index (κ3) is 3.32. The molecule has 10 nitrogen and oxygen atoms in total. The minimum absolute atomic E-state index is 0.104. The van der Waals surface area contributed by atoms with E-state index in [0.29, 0.717) is 36.6 Å². The molecule has 1 unspecified atom stereocenters. The highest BCUT2D eigenvalue weighted by Crippen LogP contribution is 2.34. The maximum atomic E-state index is 12.3. The first-order valence-electron chi connectivity index (χ1n) is 10.5. The molecule has 1 saturated heterocycles. The highest BCUT2D eigenvalue weighted by molar-refractivity contribution is 7.90. The van der Waals surface area contributed by atoms with Crippen molar-refractivity contribution in [3.63, 3.8) is 0 Å². The molecule has 1 aliphatic rings. The molecule has 2 atom stereocenters. The van der Waals surface area contributed by atoms with E-state index in [0.717, 1.165) is 28.0 Å². The van der Waals surface area contributed by atoms with Crippen molar-refractivity contribution in [2.75, 3.05) is 30.9 Å². The van der Waals surface area contributed by atoms with Crippen LogP contribution in [0, 0.1) is 6.92 Å². The van der Waals surface area contributed by atoms with Gasteiger partial charge in [0.15, 0.2) is 26.7 Å². The van der Waals surface area contributed by atoms with E-state index in [1.54, 1.807) is 19.3 Å². The van der Waals surface area contributed by atoms with Gasteiger partial charge in [0.25, 0.3) is 0 Å². The zero-order chi connectivity index (χ0) is 22.6. The molecule has 4 aromatic rings. The van der Waals surface area contributed by atoms with Gasteiger partial charge in [-0.05, 0) is 26.8 Å². The molecule has 4 aromatic heterocycles. The molecule has 1 fully saturated rings. The van der Waals surface area contributed by atoms with Gasteiger partial charge in [0.2, 0.25) is 0 Å². The number of fused-ring (bicyclic) bond motifs is 2. The Morgan fingerprint density at radius 1 is 1.25 bits per heavy atom. The zero-order valence-corrected chi connectivity index (χ0v) is 19.2. The summed E-state index contributed by atoms with van der Waals surface area (Å²) >= 11 is 0. The first kappa shape index (κ1) is 20.8.